The van der Waals surface area contributed by atoms with Crippen molar-refractivity contribution in [3.05, 3.63) is 82.8 Å². The van der Waals surface area contributed by atoms with Gasteiger partial charge in [-0.2, -0.15) is 0 Å². The number of halogens is 4. The minimum absolute atomic E-state index is 0.0293. The minimum atomic E-state index is -2.70. The SMILES string of the molecule is CCc1cc2cc(-c3ccc(C(=O)N4CCC(F)(F)CC4)cc3)cc(-c3ccc(F)c(Cl)c3)c2o1. The molecular formula is C28H23ClF3NO2. The molecule has 1 saturated heterocycles. The van der Waals surface area contributed by atoms with Crippen LogP contribution >= 0.6 is 11.6 Å². The first-order chi connectivity index (χ1) is 16.7. The zero-order valence-corrected chi connectivity index (χ0v) is 19.8. The first kappa shape index (κ1) is 23.5. The summed E-state index contributed by atoms with van der Waals surface area (Å²) in [7, 11) is 0. The number of amides is 1. The maximum Gasteiger partial charge on any atom is 0.253 e. The van der Waals surface area contributed by atoms with E-state index >= 15 is 0 Å². The van der Waals surface area contributed by atoms with Crippen LogP contribution in [0.15, 0.2) is 65.1 Å². The summed E-state index contributed by atoms with van der Waals surface area (Å²) in [5.74, 6) is -2.60. The van der Waals surface area contributed by atoms with Gasteiger partial charge >= 0.3 is 0 Å². The Morgan fingerprint density at radius 3 is 2.31 bits per heavy atom. The van der Waals surface area contributed by atoms with E-state index in [-0.39, 0.29) is 36.9 Å². The van der Waals surface area contributed by atoms with Crippen molar-refractivity contribution in [1.82, 2.24) is 4.90 Å². The summed E-state index contributed by atoms with van der Waals surface area (Å²) >= 11 is 6.05. The average Bonchev–Trinajstić information content (AvgIpc) is 3.28. The highest BCUT2D eigenvalue weighted by Gasteiger charge is 2.35. The molecule has 0 saturated carbocycles. The smallest absolute Gasteiger partial charge is 0.253 e. The van der Waals surface area contributed by atoms with Gasteiger partial charge in [0, 0.05) is 48.9 Å². The Balaban J connectivity index is 1.50. The molecule has 7 heteroatoms. The number of likely N-dealkylation sites (tertiary alicyclic amines) is 1. The molecule has 0 atom stereocenters. The highest BCUT2D eigenvalue weighted by atomic mass is 35.5. The van der Waals surface area contributed by atoms with E-state index in [1.165, 1.54) is 11.0 Å². The average molecular weight is 498 g/mol. The highest BCUT2D eigenvalue weighted by molar-refractivity contribution is 6.31. The number of hydrogen-bond acceptors (Lipinski definition) is 2. The van der Waals surface area contributed by atoms with Gasteiger partial charge in [0.15, 0.2) is 0 Å². The largest absolute Gasteiger partial charge is 0.460 e. The number of nitrogens with zero attached hydrogens (tertiary/aromatic N) is 1. The molecule has 3 aromatic carbocycles. The van der Waals surface area contributed by atoms with Crippen molar-refractivity contribution in [2.75, 3.05) is 13.1 Å². The van der Waals surface area contributed by atoms with E-state index in [1.807, 2.05) is 37.3 Å². The second kappa shape index (κ2) is 9.08. The van der Waals surface area contributed by atoms with Gasteiger partial charge in [-0.3, -0.25) is 4.79 Å². The van der Waals surface area contributed by atoms with Crippen LogP contribution in [-0.2, 0) is 6.42 Å². The number of fused-ring (bicyclic) bond motifs is 1. The fraction of sp³-hybridized carbons (Fsp3) is 0.250. The normalized spacial score (nSPS) is 15.5. The van der Waals surface area contributed by atoms with Crippen molar-refractivity contribution in [3.63, 3.8) is 0 Å². The van der Waals surface area contributed by atoms with Gasteiger partial charge in [0.05, 0.1) is 5.02 Å². The van der Waals surface area contributed by atoms with Crippen LogP contribution in [0.2, 0.25) is 5.02 Å². The Bertz CT molecular complexity index is 1400. The van der Waals surface area contributed by atoms with Crippen LogP contribution < -0.4 is 0 Å². The molecular weight excluding hydrogens is 475 g/mol. The quantitative estimate of drug-likeness (QED) is 0.286. The van der Waals surface area contributed by atoms with Crippen molar-refractivity contribution in [1.29, 1.82) is 0 Å². The van der Waals surface area contributed by atoms with Crippen LogP contribution in [0.5, 0.6) is 0 Å². The third-order valence-corrected chi connectivity index (χ3v) is 6.78. The zero-order valence-electron chi connectivity index (χ0n) is 19.1. The predicted octanol–water partition coefficient (Wildman–Crippen LogP) is 7.99. The molecule has 1 amide bonds. The molecule has 0 N–H and O–H groups in total. The van der Waals surface area contributed by atoms with E-state index in [2.05, 4.69) is 0 Å². The van der Waals surface area contributed by atoms with E-state index in [9.17, 15) is 18.0 Å². The highest BCUT2D eigenvalue weighted by Crippen LogP contribution is 2.37. The lowest BCUT2D eigenvalue weighted by Crippen LogP contribution is -2.42. The molecule has 1 aromatic heterocycles. The fourth-order valence-corrected chi connectivity index (χ4v) is 4.63. The van der Waals surface area contributed by atoms with Gasteiger partial charge in [0.2, 0.25) is 0 Å². The lowest BCUT2D eigenvalue weighted by atomic mass is 9.96. The van der Waals surface area contributed by atoms with Gasteiger partial charge in [-0.25, -0.2) is 13.2 Å². The molecule has 1 fully saturated rings. The van der Waals surface area contributed by atoms with Gasteiger partial charge in [-0.1, -0.05) is 36.7 Å². The molecule has 1 aliphatic rings. The summed E-state index contributed by atoms with van der Waals surface area (Å²) in [5.41, 5.74) is 4.45. The van der Waals surface area contributed by atoms with E-state index < -0.39 is 11.7 Å². The second-order valence-electron chi connectivity index (χ2n) is 8.86. The van der Waals surface area contributed by atoms with Crippen molar-refractivity contribution in [3.8, 4) is 22.3 Å². The number of hydrogen-bond donors (Lipinski definition) is 0. The van der Waals surface area contributed by atoms with Crippen LogP contribution in [-0.4, -0.2) is 29.8 Å². The number of alkyl halides is 2. The topological polar surface area (TPSA) is 33.5 Å². The molecule has 0 radical (unpaired) electrons. The summed E-state index contributed by atoms with van der Waals surface area (Å²) in [6.07, 6.45) is 0.113. The molecule has 1 aliphatic heterocycles. The number of furan rings is 1. The molecule has 0 aliphatic carbocycles. The summed E-state index contributed by atoms with van der Waals surface area (Å²) in [4.78, 5) is 14.3. The van der Waals surface area contributed by atoms with Crippen LogP contribution in [0.1, 0.15) is 35.9 Å². The van der Waals surface area contributed by atoms with Crippen molar-refractivity contribution >= 4 is 28.5 Å². The van der Waals surface area contributed by atoms with Gasteiger partial charge in [0.25, 0.3) is 11.8 Å². The fourth-order valence-electron chi connectivity index (χ4n) is 4.45. The first-order valence-electron chi connectivity index (χ1n) is 11.5. The Morgan fingerprint density at radius 2 is 1.66 bits per heavy atom. The maximum absolute atomic E-state index is 13.8. The van der Waals surface area contributed by atoms with Gasteiger partial charge < -0.3 is 9.32 Å². The molecule has 2 heterocycles. The van der Waals surface area contributed by atoms with Gasteiger partial charge in [-0.15, -0.1) is 0 Å². The maximum atomic E-state index is 13.8. The van der Waals surface area contributed by atoms with Crippen molar-refractivity contribution in [2.45, 2.75) is 32.1 Å². The number of carbonyl (C=O) groups is 1. The van der Waals surface area contributed by atoms with Crippen LogP contribution in [0.4, 0.5) is 13.2 Å². The Morgan fingerprint density at radius 1 is 0.971 bits per heavy atom. The summed E-state index contributed by atoms with van der Waals surface area (Å²) in [6.45, 7) is 2.11. The molecule has 0 bridgehead atoms. The third-order valence-electron chi connectivity index (χ3n) is 6.49. The zero-order chi connectivity index (χ0) is 24.7. The predicted molar refractivity (Wildman–Crippen MR) is 132 cm³/mol. The molecule has 0 unspecified atom stereocenters. The summed E-state index contributed by atoms with van der Waals surface area (Å²) in [5, 5.41) is 0.936. The van der Waals surface area contributed by atoms with Crippen molar-refractivity contribution < 1.29 is 22.4 Å². The first-order valence-corrected chi connectivity index (χ1v) is 11.9. The summed E-state index contributed by atoms with van der Waals surface area (Å²) < 4.78 is 46.7. The number of rotatable bonds is 4. The van der Waals surface area contributed by atoms with Crippen LogP contribution in [0, 0.1) is 5.82 Å². The molecule has 180 valence electrons. The molecule has 35 heavy (non-hydrogen) atoms. The summed E-state index contributed by atoms with van der Waals surface area (Å²) in [6, 6.07) is 17.6. The second-order valence-corrected chi connectivity index (χ2v) is 9.27. The third kappa shape index (κ3) is 4.67. The lowest BCUT2D eigenvalue weighted by molar-refractivity contribution is -0.0494. The van der Waals surface area contributed by atoms with E-state index in [0.717, 1.165) is 39.8 Å². The molecule has 5 rings (SSSR count). The number of piperidine rings is 1. The Kier molecular flexibility index (Phi) is 6.09. The van der Waals surface area contributed by atoms with Crippen molar-refractivity contribution in [2.24, 2.45) is 0 Å². The van der Waals surface area contributed by atoms with E-state index in [0.29, 0.717) is 11.1 Å². The van der Waals surface area contributed by atoms with Crippen LogP contribution in [0.25, 0.3) is 33.2 Å². The Hall–Kier alpha value is -3.25. The standard InChI is InChI=1S/C28H23ClF3NO2/c1-2-22-14-21-13-20(15-23(26(21)35-22)19-7-8-25(30)24(29)16-19)17-3-5-18(6-4-17)27(34)33-11-9-28(31,32)10-12-33/h3-8,13-16H,2,9-12H2,1H3. The number of benzene rings is 3. The monoisotopic (exact) mass is 497 g/mol. The van der Waals surface area contributed by atoms with Gasteiger partial charge in [-0.05, 0) is 59.2 Å². The van der Waals surface area contributed by atoms with E-state index in [1.54, 1.807) is 24.3 Å². The lowest BCUT2D eigenvalue weighted by Gasteiger charge is -2.31. The Labute approximate surface area is 206 Å². The molecule has 4 aromatic rings. The number of carbonyl (C=O) groups excluding carboxylic acids is 1. The molecule has 3 nitrogen and oxygen atoms in total. The van der Waals surface area contributed by atoms with Gasteiger partial charge in [0.1, 0.15) is 17.2 Å². The van der Waals surface area contributed by atoms with E-state index in [4.69, 9.17) is 16.0 Å². The number of aryl methyl sites for hydroxylation is 1. The minimum Gasteiger partial charge on any atom is -0.460 e. The molecule has 0 spiro atoms. The van der Waals surface area contributed by atoms with Crippen LogP contribution in [0.3, 0.4) is 0 Å².